The van der Waals surface area contributed by atoms with Crippen LogP contribution in [0.4, 0.5) is 11.4 Å². The average molecular weight is 315 g/mol. The Labute approximate surface area is 140 Å². The summed E-state index contributed by atoms with van der Waals surface area (Å²) in [6.45, 7) is 4.27. The highest BCUT2D eigenvalue weighted by atomic mass is 16.3. The van der Waals surface area contributed by atoms with Crippen molar-refractivity contribution in [1.82, 2.24) is 4.98 Å². The van der Waals surface area contributed by atoms with Crippen LogP contribution in [-0.4, -0.2) is 22.0 Å². The summed E-state index contributed by atoms with van der Waals surface area (Å²) >= 11 is 0. The number of aliphatic imine (C=N–C) groups is 2. The van der Waals surface area contributed by atoms with Crippen molar-refractivity contribution in [2.45, 2.75) is 19.3 Å². The van der Waals surface area contributed by atoms with E-state index in [1.807, 2.05) is 30.3 Å². The summed E-state index contributed by atoms with van der Waals surface area (Å²) in [5.41, 5.74) is 4.17. The maximum absolute atomic E-state index is 10.2. The molecule has 1 aliphatic heterocycles. The van der Waals surface area contributed by atoms with Crippen molar-refractivity contribution in [1.29, 1.82) is 0 Å². The van der Waals surface area contributed by atoms with Crippen molar-refractivity contribution in [2.24, 2.45) is 9.98 Å². The molecule has 0 fully saturated rings. The van der Waals surface area contributed by atoms with Gasteiger partial charge < -0.3 is 5.11 Å². The largest absolute Gasteiger partial charge is 0.506 e. The van der Waals surface area contributed by atoms with Gasteiger partial charge in [0.1, 0.15) is 11.4 Å². The molecule has 0 amide bonds. The van der Waals surface area contributed by atoms with Gasteiger partial charge in [-0.3, -0.25) is 15.0 Å². The fourth-order valence-electron chi connectivity index (χ4n) is 3.08. The van der Waals surface area contributed by atoms with Crippen LogP contribution in [0.25, 0.3) is 10.9 Å². The van der Waals surface area contributed by atoms with Crippen molar-refractivity contribution < 1.29 is 5.11 Å². The first-order valence-corrected chi connectivity index (χ1v) is 7.87. The van der Waals surface area contributed by atoms with Gasteiger partial charge in [0.2, 0.25) is 0 Å². The van der Waals surface area contributed by atoms with E-state index in [1.165, 1.54) is 5.56 Å². The molecule has 1 aromatic heterocycles. The molecular formula is C20H17N3O. The Balaban J connectivity index is 1.79. The topological polar surface area (TPSA) is 57.8 Å². The Morgan fingerprint density at radius 3 is 2.71 bits per heavy atom. The quantitative estimate of drug-likeness (QED) is 0.696. The number of pyridine rings is 1. The van der Waals surface area contributed by atoms with E-state index < -0.39 is 0 Å². The first-order chi connectivity index (χ1) is 11.6. The minimum atomic E-state index is -0.210. The van der Waals surface area contributed by atoms with Crippen molar-refractivity contribution >= 4 is 34.2 Å². The minimum absolute atomic E-state index is 0.140. The van der Waals surface area contributed by atoms with Crippen molar-refractivity contribution in [2.75, 3.05) is 0 Å². The van der Waals surface area contributed by atoms with E-state index in [2.05, 4.69) is 29.9 Å². The molecule has 1 N–H and O–H groups in total. The van der Waals surface area contributed by atoms with E-state index in [0.717, 1.165) is 22.3 Å². The van der Waals surface area contributed by atoms with Gasteiger partial charge in [-0.2, -0.15) is 0 Å². The van der Waals surface area contributed by atoms with Gasteiger partial charge in [0.25, 0.3) is 0 Å². The summed E-state index contributed by atoms with van der Waals surface area (Å²) in [6.07, 6.45) is 3.48. The van der Waals surface area contributed by atoms with E-state index in [4.69, 9.17) is 4.99 Å². The Kier molecular flexibility index (Phi) is 3.20. The summed E-state index contributed by atoms with van der Waals surface area (Å²) in [4.78, 5) is 13.6. The predicted octanol–water partition coefficient (Wildman–Crippen LogP) is 4.71. The molecule has 24 heavy (non-hydrogen) atoms. The normalized spacial score (nSPS) is 15.7. The summed E-state index contributed by atoms with van der Waals surface area (Å²) in [5.74, 6) is 0.140. The third kappa shape index (κ3) is 2.19. The molecule has 0 atom stereocenters. The molecule has 4 nitrogen and oxygen atoms in total. The van der Waals surface area contributed by atoms with Crippen LogP contribution >= 0.6 is 0 Å². The van der Waals surface area contributed by atoms with Gasteiger partial charge >= 0.3 is 0 Å². The van der Waals surface area contributed by atoms with Crippen molar-refractivity contribution in [3.63, 3.8) is 0 Å². The molecule has 4 heteroatoms. The molecule has 0 radical (unpaired) electrons. The van der Waals surface area contributed by atoms with Crippen LogP contribution in [0.1, 0.15) is 19.4 Å². The molecule has 2 aromatic carbocycles. The maximum atomic E-state index is 10.2. The maximum Gasteiger partial charge on any atom is 0.141 e. The highest BCUT2D eigenvalue weighted by Gasteiger charge is 2.33. The molecule has 118 valence electrons. The lowest BCUT2D eigenvalue weighted by atomic mass is 9.82. The third-order valence-electron chi connectivity index (χ3n) is 4.51. The molecule has 0 saturated carbocycles. The molecule has 1 aliphatic rings. The van der Waals surface area contributed by atoms with Crippen molar-refractivity contribution in [3.8, 4) is 5.75 Å². The van der Waals surface area contributed by atoms with Gasteiger partial charge in [0.05, 0.1) is 23.1 Å². The van der Waals surface area contributed by atoms with Crippen LogP contribution < -0.4 is 0 Å². The highest BCUT2D eigenvalue weighted by Crippen LogP contribution is 2.40. The molecular weight excluding hydrogens is 298 g/mol. The average Bonchev–Trinajstić information content (AvgIpc) is 2.85. The van der Waals surface area contributed by atoms with Gasteiger partial charge in [-0.1, -0.05) is 32.0 Å². The zero-order valence-corrected chi connectivity index (χ0v) is 13.6. The van der Waals surface area contributed by atoms with E-state index in [9.17, 15) is 5.11 Å². The first-order valence-electron chi connectivity index (χ1n) is 7.87. The van der Waals surface area contributed by atoms with Crippen LogP contribution in [0.5, 0.6) is 5.75 Å². The van der Waals surface area contributed by atoms with E-state index >= 15 is 0 Å². The zero-order valence-electron chi connectivity index (χ0n) is 13.6. The van der Waals surface area contributed by atoms with E-state index in [1.54, 1.807) is 24.5 Å². The number of hydrogen-bond donors (Lipinski definition) is 1. The van der Waals surface area contributed by atoms with Gasteiger partial charge in [0, 0.05) is 17.0 Å². The van der Waals surface area contributed by atoms with Crippen LogP contribution in [0.2, 0.25) is 0 Å². The second-order valence-corrected chi connectivity index (χ2v) is 6.40. The van der Waals surface area contributed by atoms with Gasteiger partial charge in [0.15, 0.2) is 0 Å². The Hall–Kier alpha value is -3.01. The molecule has 0 spiro atoms. The Bertz CT molecular complexity index is 1000. The van der Waals surface area contributed by atoms with Crippen molar-refractivity contribution in [3.05, 3.63) is 60.3 Å². The lowest BCUT2D eigenvalue weighted by Crippen LogP contribution is -2.26. The van der Waals surface area contributed by atoms with Crippen LogP contribution in [0.15, 0.2) is 64.7 Å². The van der Waals surface area contributed by atoms with Gasteiger partial charge in [-0.05, 0) is 35.9 Å². The van der Waals surface area contributed by atoms with Crippen LogP contribution in [0.3, 0.4) is 0 Å². The second kappa shape index (κ2) is 5.27. The number of fused-ring (bicyclic) bond motifs is 2. The molecule has 0 unspecified atom stereocenters. The third-order valence-corrected chi connectivity index (χ3v) is 4.51. The summed E-state index contributed by atoms with van der Waals surface area (Å²) in [7, 11) is 0. The molecule has 4 rings (SSSR count). The van der Waals surface area contributed by atoms with Gasteiger partial charge in [-0.15, -0.1) is 0 Å². The predicted molar refractivity (Wildman–Crippen MR) is 98.1 cm³/mol. The number of nitrogens with zero attached hydrogens (tertiary/aromatic N) is 3. The number of aromatic nitrogens is 1. The number of hydrogen-bond acceptors (Lipinski definition) is 4. The monoisotopic (exact) mass is 315 g/mol. The molecule has 0 aliphatic carbocycles. The standard InChI is InChI=1S/C20H17N3O/c1-20(2)14-7-3-4-8-16(14)23-18(20)12-22-19-13-6-5-11-21-15(13)9-10-17(19)24/h3-12,24H,1-2H3. The van der Waals surface area contributed by atoms with Gasteiger partial charge in [-0.25, -0.2) is 0 Å². The number of rotatable bonds is 2. The molecule has 3 aromatic rings. The Morgan fingerprint density at radius 2 is 1.88 bits per heavy atom. The summed E-state index contributed by atoms with van der Waals surface area (Å²) < 4.78 is 0. The summed E-state index contributed by atoms with van der Waals surface area (Å²) in [5, 5.41) is 11.0. The number of para-hydroxylation sites is 1. The second-order valence-electron chi connectivity index (χ2n) is 6.40. The molecule has 0 saturated heterocycles. The smallest absolute Gasteiger partial charge is 0.141 e. The SMILES string of the molecule is CC1(C)C(C=Nc2c(O)ccc3ncccc23)=Nc2ccccc21. The number of phenolic OH excluding ortho intramolecular Hbond substituents is 1. The fraction of sp³-hybridized carbons (Fsp3) is 0.150. The molecule has 0 bridgehead atoms. The molecule has 2 heterocycles. The van der Waals surface area contributed by atoms with Crippen LogP contribution in [-0.2, 0) is 5.41 Å². The van der Waals surface area contributed by atoms with E-state index in [0.29, 0.717) is 5.69 Å². The number of phenols is 1. The lowest BCUT2D eigenvalue weighted by molar-refractivity contribution is 0.477. The first kappa shape index (κ1) is 14.6. The summed E-state index contributed by atoms with van der Waals surface area (Å²) in [6, 6.07) is 15.3. The highest BCUT2D eigenvalue weighted by molar-refractivity contribution is 6.37. The Morgan fingerprint density at radius 1 is 1.04 bits per heavy atom. The zero-order chi connectivity index (χ0) is 16.7. The number of aromatic hydroxyl groups is 1. The minimum Gasteiger partial charge on any atom is -0.506 e. The van der Waals surface area contributed by atoms with Crippen LogP contribution in [0, 0.1) is 0 Å². The lowest BCUT2D eigenvalue weighted by Gasteiger charge is -2.19. The van der Waals surface area contributed by atoms with E-state index in [-0.39, 0.29) is 11.2 Å². The number of benzene rings is 2. The fourth-order valence-corrected chi connectivity index (χ4v) is 3.08.